The Morgan fingerprint density at radius 2 is 1.82 bits per heavy atom. The molecule has 4 rings (SSSR count). The Labute approximate surface area is 162 Å². The van der Waals surface area contributed by atoms with Gasteiger partial charge in [-0.25, -0.2) is 4.98 Å². The maximum absolute atomic E-state index is 9.04. The van der Waals surface area contributed by atoms with Crippen molar-refractivity contribution < 1.29 is 0 Å². The normalized spacial score (nSPS) is 10.4. The van der Waals surface area contributed by atoms with Crippen LogP contribution in [0.4, 0.5) is 5.82 Å². The van der Waals surface area contributed by atoms with Gasteiger partial charge in [0.1, 0.15) is 5.82 Å². The van der Waals surface area contributed by atoms with Crippen molar-refractivity contribution in [2.24, 2.45) is 0 Å². The predicted octanol–water partition coefficient (Wildman–Crippen LogP) is 4.33. The quantitative estimate of drug-likeness (QED) is 0.549. The monoisotopic (exact) mass is 366 g/mol. The molecule has 3 heterocycles. The third-order valence-electron chi connectivity index (χ3n) is 4.49. The average molecular weight is 366 g/mol. The molecule has 6 heteroatoms. The summed E-state index contributed by atoms with van der Waals surface area (Å²) in [5.74, 6) is 0.779. The van der Waals surface area contributed by atoms with Gasteiger partial charge in [-0.05, 0) is 66.1 Å². The van der Waals surface area contributed by atoms with E-state index < -0.39 is 0 Å². The molecule has 0 bridgehead atoms. The average Bonchev–Trinajstić information content (AvgIpc) is 3.22. The molecule has 6 nitrogen and oxygen atoms in total. The van der Waals surface area contributed by atoms with Crippen molar-refractivity contribution in [1.82, 2.24) is 20.2 Å². The summed E-state index contributed by atoms with van der Waals surface area (Å²) in [6.45, 7) is 2.59. The molecular weight excluding hydrogens is 348 g/mol. The highest BCUT2D eigenvalue weighted by molar-refractivity contribution is 5.70. The lowest BCUT2D eigenvalue weighted by Crippen LogP contribution is -2.01. The highest BCUT2D eigenvalue weighted by Gasteiger charge is 2.07. The van der Waals surface area contributed by atoms with E-state index in [4.69, 9.17) is 5.26 Å². The number of nitriles is 1. The number of hydrogen-bond acceptors (Lipinski definition) is 5. The zero-order chi connectivity index (χ0) is 19.3. The SMILES string of the molecule is Cc1cc(C#N)ccc1-c1ccnc(NCc2cc(-c3ccncc3)n[nH]2)c1. The number of aromatic amines is 1. The summed E-state index contributed by atoms with van der Waals surface area (Å²) in [6, 6.07) is 17.7. The summed E-state index contributed by atoms with van der Waals surface area (Å²) in [6.07, 6.45) is 5.29. The largest absolute Gasteiger partial charge is 0.364 e. The molecule has 0 atom stereocenters. The van der Waals surface area contributed by atoms with Crippen LogP contribution in [0.5, 0.6) is 0 Å². The highest BCUT2D eigenvalue weighted by Crippen LogP contribution is 2.26. The van der Waals surface area contributed by atoms with Crippen molar-refractivity contribution >= 4 is 5.82 Å². The van der Waals surface area contributed by atoms with Gasteiger partial charge < -0.3 is 5.32 Å². The Morgan fingerprint density at radius 3 is 2.61 bits per heavy atom. The first-order valence-corrected chi connectivity index (χ1v) is 8.88. The number of aromatic nitrogens is 4. The van der Waals surface area contributed by atoms with E-state index in [2.05, 4.69) is 31.6 Å². The second kappa shape index (κ2) is 7.72. The van der Waals surface area contributed by atoms with E-state index in [-0.39, 0.29) is 0 Å². The van der Waals surface area contributed by atoms with Crippen molar-refractivity contribution in [3.8, 4) is 28.5 Å². The summed E-state index contributed by atoms with van der Waals surface area (Å²) in [7, 11) is 0. The maximum atomic E-state index is 9.04. The van der Waals surface area contributed by atoms with Crippen molar-refractivity contribution in [3.63, 3.8) is 0 Å². The minimum absolute atomic E-state index is 0.584. The van der Waals surface area contributed by atoms with E-state index in [9.17, 15) is 0 Å². The first-order valence-electron chi connectivity index (χ1n) is 8.88. The molecule has 0 radical (unpaired) electrons. The van der Waals surface area contributed by atoms with Crippen LogP contribution in [-0.4, -0.2) is 20.2 Å². The number of H-pyrrole nitrogens is 1. The minimum Gasteiger partial charge on any atom is -0.364 e. The summed E-state index contributed by atoms with van der Waals surface area (Å²) < 4.78 is 0. The molecule has 1 aromatic carbocycles. The smallest absolute Gasteiger partial charge is 0.126 e. The van der Waals surface area contributed by atoms with Gasteiger partial charge in [0.05, 0.1) is 29.6 Å². The van der Waals surface area contributed by atoms with Gasteiger partial charge in [0, 0.05) is 24.2 Å². The lowest BCUT2D eigenvalue weighted by molar-refractivity contribution is 0.976. The van der Waals surface area contributed by atoms with Crippen LogP contribution in [-0.2, 0) is 6.54 Å². The second-order valence-electron chi connectivity index (χ2n) is 6.44. The fraction of sp³-hybridized carbons (Fsp3) is 0.0909. The molecule has 0 saturated carbocycles. The van der Waals surface area contributed by atoms with Gasteiger partial charge in [-0.2, -0.15) is 10.4 Å². The maximum Gasteiger partial charge on any atom is 0.126 e. The van der Waals surface area contributed by atoms with E-state index in [1.165, 1.54) is 0 Å². The van der Waals surface area contributed by atoms with E-state index in [0.29, 0.717) is 12.1 Å². The number of rotatable bonds is 5. The van der Waals surface area contributed by atoms with Crippen LogP contribution in [0.25, 0.3) is 22.4 Å². The minimum atomic E-state index is 0.584. The summed E-state index contributed by atoms with van der Waals surface area (Å²) >= 11 is 0. The number of hydrogen-bond donors (Lipinski definition) is 2. The van der Waals surface area contributed by atoms with Crippen LogP contribution in [0, 0.1) is 18.3 Å². The lowest BCUT2D eigenvalue weighted by atomic mass is 9.99. The van der Waals surface area contributed by atoms with Crippen LogP contribution in [0.1, 0.15) is 16.8 Å². The summed E-state index contributed by atoms with van der Waals surface area (Å²) in [4.78, 5) is 8.43. The Bertz CT molecular complexity index is 1140. The Hall–Kier alpha value is -3.98. The molecule has 28 heavy (non-hydrogen) atoms. The fourth-order valence-electron chi connectivity index (χ4n) is 3.06. The van der Waals surface area contributed by atoms with Gasteiger partial charge in [0.15, 0.2) is 0 Å². The number of pyridine rings is 2. The van der Waals surface area contributed by atoms with Gasteiger partial charge in [0.2, 0.25) is 0 Å². The van der Waals surface area contributed by atoms with Crippen LogP contribution < -0.4 is 5.32 Å². The number of aryl methyl sites for hydroxylation is 1. The molecule has 0 aliphatic rings. The molecule has 2 N–H and O–H groups in total. The standard InChI is InChI=1S/C22H18N6/c1-15-10-16(13-23)2-3-20(15)18-6-9-25-22(11-18)26-14-19-12-21(28-27-19)17-4-7-24-8-5-17/h2-12H,14H2,1H3,(H,25,26)(H,27,28). The predicted molar refractivity (Wildman–Crippen MR) is 108 cm³/mol. The molecular formula is C22H18N6. The van der Waals surface area contributed by atoms with Crippen LogP contribution in [0.15, 0.2) is 67.1 Å². The van der Waals surface area contributed by atoms with Crippen LogP contribution in [0.3, 0.4) is 0 Å². The molecule has 0 aliphatic carbocycles. The first kappa shape index (κ1) is 17.4. The van der Waals surface area contributed by atoms with Gasteiger partial charge in [-0.1, -0.05) is 6.07 Å². The molecule has 0 fully saturated rings. The summed E-state index contributed by atoms with van der Waals surface area (Å²) in [5.41, 5.74) is 6.74. The van der Waals surface area contributed by atoms with Crippen molar-refractivity contribution in [2.45, 2.75) is 13.5 Å². The van der Waals surface area contributed by atoms with Gasteiger partial charge in [0.25, 0.3) is 0 Å². The number of nitrogens with zero attached hydrogens (tertiary/aromatic N) is 4. The van der Waals surface area contributed by atoms with Gasteiger partial charge in [-0.3, -0.25) is 10.1 Å². The highest BCUT2D eigenvalue weighted by atomic mass is 15.1. The zero-order valence-electron chi connectivity index (χ0n) is 15.3. The molecule has 0 unspecified atom stereocenters. The van der Waals surface area contributed by atoms with Crippen molar-refractivity contribution in [3.05, 3.63) is 83.9 Å². The first-order chi connectivity index (χ1) is 13.7. The van der Waals surface area contributed by atoms with Gasteiger partial charge >= 0.3 is 0 Å². The molecule has 0 saturated heterocycles. The Kier molecular flexibility index (Phi) is 4.81. The molecule has 0 spiro atoms. The van der Waals surface area contributed by atoms with E-state index in [0.717, 1.165) is 39.5 Å². The molecule has 0 amide bonds. The number of anilines is 1. The molecule has 136 valence electrons. The van der Waals surface area contributed by atoms with Crippen LogP contribution >= 0.6 is 0 Å². The number of nitrogens with one attached hydrogen (secondary N) is 2. The summed E-state index contributed by atoms with van der Waals surface area (Å²) in [5, 5.41) is 19.8. The lowest BCUT2D eigenvalue weighted by Gasteiger charge is -2.09. The Morgan fingerprint density at radius 1 is 1.00 bits per heavy atom. The zero-order valence-corrected chi connectivity index (χ0v) is 15.3. The van der Waals surface area contributed by atoms with E-state index in [1.807, 2.05) is 55.5 Å². The Balaban J connectivity index is 1.49. The van der Waals surface area contributed by atoms with Crippen LogP contribution in [0.2, 0.25) is 0 Å². The topological polar surface area (TPSA) is 90.3 Å². The molecule has 3 aromatic heterocycles. The third kappa shape index (κ3) is 3.74. The van der Waals surface area contributed by atoms with Gasteiger partial charge in [-0.15, -0.1) is 0 Å². The van der Waals surface area contributed by atoms with Crippen molar-refractivity contribution in [2.75, 3.05) is 5.32 Å². The van der Waals surface area contributed by atoms with Crippen molar-refractivity contribution in [1.29, 1.82) is 5.26 Å². The fourth-order valence-corrected chi connectivity index (χ4v) is 3.06. The van der Waals surface area contributed by atoms with E-state index >= 15 is 0 Å². The second-order valence-corrected chi connectivity index (χ2v) is 6.44. The molecule has 4 aromatic rings. The molecule has 0 aliphatic heterocycles. The van der Waals surface area contributed by atoms with E-state index in [1.54, 1.807) is 18.6 Å². The number of benzene rings is 1. The third-order valence-corrected chi connectivity index (χ3v) is 4.49.